The smallest absolute Gasteiger partial charge is 0.251 e. The van der Waals surface area contributed by atoms with Crippen LogP contribution < -0.4 is 10.0 Å². The molecule has 1 aromatic carbocycles. The van der Waals surface area contributed by atoms with Gasteiger partial charge in [-0.3, -0.25) is 14.5 Å². The average molecular weight is 422 g/mol. The first-order valence-electron chi connectivity index (χ1n) is 9.50. The predicted molar refractivity (Wildman–Crippen MR) is 106 cm³/mol. The van der Waals surface area contributed by atoms with Crippen LogP contribution in [-0.2, 0) is 16.6 Å². The van der Waals surface area contributed by atoms with Gasteiger partial charge in [-0.25, -0.2) is 13.1 Å². The van der Waals surface area contributed by atoms with Crippen LogP contribution in [0.1, 0.15) is 60.7 Å². The standard InChI is InChI=1S/C18H23N5O3S2/c24-17(19-11-16-20-21-18(27)23(16)14-8-9-14)12-4-3-7-15(10-12)28(25,26)22-13-5-1-2-6-13/h3-4,7,10,13-14,22H,1-2,5-6,8-9,11H2,(H,19,24)(H,21,27). The number of carbonyl (C=O) groups excluding carboxylic acids is 1. The van der Waals surface area contributed by atoms with Crippen LogP contribution in [0.2, 0.25) is 0 Å². The van der Waals surface area contributed by atoms with E-state index in [0.717, 1.165) is 38.5 Å². The predicted octanol–water partition coefficient (Wildman–Crippen LogP) is 2.43. The number of nitrogens with zero attached hydrogens (tertiary/aromatic N) is 2. The second-order valence-electron chi connectivity index (χ2n) is 7.36. The molecule has 1 heterocycles. The lowest BCUT2D eigenvalue weighted by Crippen LogP contribution is -2.33. The fourth-order valence-electron chi connectivity index (χ4n) is 3.57. The molecule has 1 aromatic heterocycles. The normalized spacial score (nSPS) is 17.7. The number of H-pyrrole nitrogens is 1. The minimum Gasteiger partial charge on any atom is -0.345 e. The van der Waals surface area contributed by atoms with Gasteiger partial charge in [0.25, 0.3) is 5.91 Å². The summed E-state index contributed by atoms with van der Waals surface area (Å²) in [5.74, 6) is 0.321. The molecule has 0 aliphatic heterocycles. The molecule has 2 fully saturated rings. The van der Waals surface area contributed by atoms with Crippen molar-refractivity contribution in [1.82, 2.24) is 24.8 Å². The lowest BCUT2D eigenvalue weighted by Gasteiger charge is -2.13. The third-order valence-corrected chi connectivity index (χ3v) is 6.99. The van der Waals surface area contributed by atoms with E-state index in [4.69, 9.17) is 12.2 Å². The van der Waals surface area contributed by atoms with Crippen molar-refractivity contribution in [1.29, 1.82) is 0 Å². The molecule has 1 amide bonds. The highest BCUT2D eigenvalue weighted by molar-refractivity contribution is 7.89. The van der Waals surface area contributed by atoms with Gasteiger partial charge in [0.2, 0.25) is 10.0 Å². The molecule has 28 heavy (non-hydrogen) atoms. The Morgan fingerprint density at radius 2 is 2.00 bits per heavy atom. The van der Waals surface area contributed by atoms with Crippen LogP contribution in [0, 0.1) is 4.77 Å². The summed E-state index contributed by atoms with van der Waals surface area (Å²) in [6.07, 6.45) is 5.90. The zero-order valence-corrected chi connectivity index (χ0v) is 17.0. The van der Waals surface area contributed by atoms with Crippen LogP contribution >= 0.6 is 12.2 Å². The number of nitrogens with one attached hydrogen (secondary N) is 3. The van der Waals surface area contributed by atoms with E-state index < -0.39 is 10.0 Å². The van der Waals surface area contributed by atoms with Crippen molar-refractivity contribution < 1.29 is 13.2 Å². The van der Waals surface area contributed by atoms with Gasteiger partial charge in [0.1, 0.15) is 0 Å². The minimum atomic E-state index is -3.64. The maximum absolute atomic E-state index is 12.6. The first-order chi connectivity index (χ1) is 13.4. The molecular formula is C18H23N5O3S2. The molecule has 3 N–H and O–H groups in total. The highest BCUT2D eigenvalue weighted by Gasteiger charge is 2.27. The van der Waals surface area contributed by atoms with Crippen molar-refractivity contribution in [2.75, 3.05) is 0 Å². The van der Waals surface area contributed by atoms with Crippen LogP contribution in [0.15, 0.2) is 29.2 Å². The summed E-state index contributed by atoms with van der Waals surface area (Å²) < 4.78 is 30.4. The molecule has 2 aliphatic rings. The van der Waals surface area contributed by atoms with Gasteiger partial charge in [0, 0.05) is 17.6 Å². The number of sulfonamides is 1. The summed E-state index contributed by atoms with van der Waals surface area (Å²) in [6.45, 7) is 0.222. The van der Waals surface area contributed by atoms with Crippen molar-refractivity contribution in [3.63, 3.8) is 0 Å². The van der Waals surface area contributed by atoms with E-state index in [1.165, 1.54) is 12.1 Å². The number of hydrogen-bond donors (Lipinski definition) is 3. The molecule has 0 atom stereocenters. The second-order valence-corrected chi connectivity index (χ2v) is 9.46. The molecule has 8 nitrogen and oxygen atoms in total. The summed E-state index contributed by atoms with van der Waals surface area (Å²) in [5, 5.41) is 9.74. The van der Waals surface area contributed by atoms with Crippen molar-refractivity contribution >= 4 is 28.1 Å². The van der Waals surface area contributed by atoms with Crippen LogP contribution in [0.5, 0.6) is 0 Å². The van der Waals surface area contributed by atoms with Crippen LogP contribution in [-0.4, -0.2) is 35.1 Å². The van der Waals surface area contributed by atoms with E-state index in [0.29, 0.717) is 22.2 Å². The van der Waals surface area contributed by atoms with E-state index in [-0.39, 0.29) is 23.4 Å². The highest BCUT2D eigenvalue weighted by Crippen LogP contribution is 2.35. The topological polar surface area (TPSA) is 109 Å². The molecule has 0 bridgehead atoms. The van der Waals surface area contributed by atoms with Crippen LogP contribution in [0.4, 0.5) is 0 Å². The SMILES string of the molecule is O=C(NCc1n[nH]c(=S)n1C1CC1)c1cccc(S(=O)(=O)NC2CCCC2)c1. The Hall–Kier alpha value is -2.04. The molecule has 4 rings (SSSR count). The molecule has 150 valence electrons. The van der Waals surface area contributed by atoms with Gasteiger partial charge in [0.05, 0.1) is 11.4 Å². The Morgan fingerprint density at radius 3 is 2.71 bits per heavy atom. The lowest BCUT2D eigenvalue weighted by molar-refractivity contribution is 0.0949. The highest BCUT2D eigenvalue weighted by atomic mass is 32.2. The van der Waals surface area contributed by atoms with Gasteiger partial charge in [0.15, 0.2) is 10.6 Å². The molecule has 10 heteroatoms. The number of rotatable bonds is 7. The Morgan fingerprint density at radius 1 is 1.25 bits per heavy atom. The maximum atomic E-state index is 12.6. The Balaban J connectivity index is 1.45. The monoisotopic (exact) mass is 421 g/mol. The third kappa shape index (κ3) is 4.18. The van der Waals surface area contributed by atoms with E-state index >= 15 is 0 Å². The zero-order chi connectivity index (χ0) is 19.7. The van der Waals surface area contributed by atoms with E-state index in [1.807, 2.05) is 4.57 Å². The Kier molecular flexibility index (Phi) is 5.35. The van der Waals surface area contributed by atoms with Gasteiger partial charge in [-0.05, 0) is 56.1 Å². The fourth-order valence-corrected chi connectivity index (χ4v) is 5.22. The number of hydrogen-bond acceptors (Lipinski definition) is 5. The number of carbonyl (C=O) groups is 1. The average Bonchev–Trinajstić information content (AvgIpc) is 3.26. The summed E-state index contributed by atoms with van der Waals surface area (Å²) >= 11 is 5.24. The first-order valence-corrected chi connectivity index (χ1v) is 11.4. The molecular weight excluding hydrogens is 398 g/mol. The van der Waals surface area contributed by atoms with E-state index in [1.54, 1.807) is 12.1 Å². The largest absolute Gasteiger partial charge is 0.345 e. The summed E-state index contributed by atoms with van der Waals surface area (Å²) in [7, 11) is -3.64. The van der Waals surface area contributed by atoms with Crippen LogP contribution in [0.25, 0.3) is 0 Å². The van der Waals surface area contributed by atoms with Gasteiger partial charge >= 0.3 is 0 Å². The third-order valence-electron chi connectivity index (χ3n) is 5.18. The van der Waals surface area contributed by atoms with Crippen molar-refractivity contribution in [2.24, 2.45) is 0 Å². The molecule has 0 unspecified atom stereocenters. The molecule has 2 saturated carbocycles. The minimum absolute atomic E-state index is 0.0207. The Bertz CT molecular complexity index is 1030. The number of aromatic amines is 1. The molecule has 0 spiro atoms. The van der Waals surface area contributed by atoms with Gasteiger partial charge in [-0.2, -0.15) is 5.10 Å². The number of benzene rings is 1. The summed E-state index contributed by atoms with van der Waals surface area (Å²) in [5.41, 5.74) is 0.293. The van der Waals surface area contributed by atoms with E-state index in [2.05, 4.69) is 20.2 Å². The molecule has 0 saturated heterocycles. The summed E-state index contributed by atoms with van der Waals surface area (Å²) in [6, 6.07) is 6.43. The molecule has 0 radical (unpaired) electrons. The number of amides is 1. The lowest BCUT2D eigenvalue weighted by atomic mass is 10.2. The molecule has 2 aromatic rings. The second kappa shape index (κ2) is 7.76. The maximum Gasteiger partial charge on any atom is 0.251 e. The first kappa shape index (κ1) is 19.3. The number of aromatic nitrogens is 3. The van der Waals surface area contributed by atoms with Gasteiger partial charge < -0.3 is 5.32 Å². The quantitative estimate of drug-likeness (QED) is 0.595. The van der Waals surface area contributed by atoms with Gasteiger partial charge in [-0.1, -0.05) is 18.9 Å². The Labute approximate surface area is 168 Å². The molecule has 2 aliphatic carbocycles. The van der Waals surface area contributed by atoms with E-state index in [9.17, 15) is 13.2 Å². The fraction of sp³-hybridized carbons (Fsp3) is 0.500. The zero-order valence-electron chi connectivity index (χ0n) is 15.3. The van der Waals surface area contributed by atoms with Crippen molar-refractivity contribution in [3.8, 4) is 0 Å². The van der Waals surface area contributed by atoms with Crippen molar-refractivity contribution in [3.05, 3.63) is 40.4 Å². The van der Waals surface area contributed by atoms with Gasteiger partial charge in [-0.15, -0.1) is 0 Å². The van der Waals surface area contributed by atoms with Crippen molar-refractivity contribution in [2.45, 2.75) is 62.0 Å². The van der Waals surface area contributed by atoms with Crippen LogP contribution in [0.3, 0.4) is 0 Å². The summed E-state index contributed by atoms with van der Waals surface area (Å²) in [4.78, 5) is 12.7.